The van der Waals surface area contributed by atoms with Crippen LogP contribution in [0.15, 0.2) is 24.3 Å². The number of nitro benzene ring substituents is 1. The molecule has 0 bridgehead atoms. The van der Waals surface area contributed by atoms with E-state index in [9.17, 15) is 49.4 Å². The Morgan fingerprint density at radius 2 is 1.11 bits per heavy atom. The van der Waals surface area contributed by atoms with Crippen LogP contribution in [0.3, 0.4) is 0 Å². The molecular weight excluding hydrogens is 742 g/mol. The molecule has 2 rings (SSSR count). The topological polar surface area (TPSA) is 215 Å². The van der Waals surface area contributed by atoms with E-state index >= 15 is 0 Å². The number of ether oxygens (including phenoxy) is 1. The second-order valence-electron chi connectivity index (χ2n) is 10.6. The van der Waals surface area contributed by atoms with Gasteiger partial charge < -0.3 is 25.0 Å². The minimum absolute atomic E-state index is 0. The molecule has 0 saturated carbocycles. The van der Waals surface area contributed by atoms with Gasteiger partial charge in [0.2, 0.25) is 5.91 Å². The summed E-state index contributed by atoms with van der Waals surface area (Å²) >= 11 is 0. The van der Waals surface area contributed by atoms with Crippen molar-refractivity contribution in [3.05, 3.63) is 34.4 Å². The van der Waals surface area contributed by atoms with Crippen molar-refractivity contribution in [3.8, 4) is 5.75 Å². The van der Waals surface area contributed by atoms with Crippen molar-refractivity contribution in [1.82, 2.24) is 24.5 Å². The monoisotopic (exact) mass is 782 g/mol. The van der Waals surface area contributed by atoms with E-state index in [0.29, 0.717) is 0 Å². The number of rotatable bonds is 13. The van der Waals surface area contributed by atoms with Crippen LogP contribution in [0.25, 0.3) is 0 Å². The fourth-order valence-corrected chi connectivity index (χ4v) is 4.56. The largest absolute Gasteiger partial charge is 0.480 e. The van der Waals surface area contributed by atoms with Gasteiger partial charge in [0, 0.05) is 110 Å². The molecule has 1 aliphatic rings. The van der Waals surface area contributed by atoms with Crippen molar-refractivity contribution in [2.24, 2.45) is 0 Å². The summed E-state index contributed by atoms with van der Waals surface area (Å²) in [5, 5.41) is 38.9. The molecule has 18 heteroatoms. The van der Waals surface area contributed by atoms with Crippen LogP contribution in [0.5, 0.6) is 5.75 Å². The van der Waals surface area contributed by atoms with E-state index in [1.807, 2.05) is 0 Å². The quantitative estimate of drug-likeness (QED) is 0.0969. The molecule has 1 heterocycles. The second kappa shape index (κ2) is 20.3. The molecule has 1 fully saturated rings. The molecule has 1 amide bonds. The number of benzene rings is 1. The van der Waals surface area contributed by atoms with Crippen LogP contribution >= 0.6 is 0 Å². The molecular formula is C27H40GdN6O11. The molecule has 1 aromatic rings. The van der Waals surface area contributed by atoms with E-state index in [4.69, 9.17) is 4.74 Å². The maximum Gasteiger partial charge on any atom is 0.331 e. The average molecular weight is 782 g/mol. The van der Waals surface area contributed by atoms with Crippen LogP contribution in [-0.4, -0.2) is 166 Å². The Kier molecular flexibility index (Phi) is 18.1. The Balaban J connectivity index is 0.0000101. The van der Waals surface area contributed by atoms with Gasteiger partial charge in [0.05, 0.1) is 31.1 Å². The fraction of sp³-hybridized carbons (Fsp3) is 0.593. The maximum absolute atomic E-state index is 13.4. The zero-order chi connectivity index (χ0) is 32.8. The average Bonchev–Trinajstić information content (AvgIpc) is 2.92. The van der Waals surface area contributed by atoms with Gasteiger partial charge in [0.25, 0.3) is 5.69 Å². The summed E-state index contributed by atoms with van der Waals surface area (Å²) in [5.41, 5.74) is -0.170. The predicted molar refractivity (Wildman–Crippen MR) is 154 cm³/mol. The zero-order valence-electron chi connectivity index (χ0n) is 25.2. The van der Waals surface area contributed by atoms with Crippen LogP contribution < -0.4 is 4.74 Å². The standard InChI is InChI=1S/C27H40N6O11.Gd/c1-20(2)32(19-27(41)44-22-5-3-21(4-6-22)33(42)43)23(34)15-28-7-9-29(16-24(35)36)11-13-31(18-26(39)40)14-12-30(10-8-28)17-25(37)38;/h3-6,20H,7-19H2,1-2H3,(H,35,36)(H,37,38)(H,39,40);. The number of hydrogen-bond acceptors (Lipinski definition) is 12. The van der Waals surface area contributed by atoms with Crippen LogP contribution in [-0.2, 0) is 24.0 Å². The molecule has 3 N–H and O–H groups in total. The Hall–Kier alpha value is -2.87. The Bertz CT molecular complexity index is 1140. The van der Waals surface area contributed by atoms with E-state index in [1.165, 1.54) is 29.2 Å². The number of hydrogen-bond donors (Lipinski definition) is 3. The molecule has 1 aliphatic heterocycles. The minimum atomic E-state index is -1.06. The van der Waals surface area contributed by atoms with Crippen molar-refractivity contribution in [2.75, 3.05) is 85.1 Å². The van der Waals surface area contributed by atoms with E-state index in [2.05, 4.69) is 0 Å². The molecule has 0 spiro atoms. The number of non-ortho nitro benzene ring substituents is 1. The first kappa shape index (κ1) is 40.2. The third-order valence-corrected chi connectivity index (χ3v) is 6.89. The number of carboxylic acids is 3. The first-order valence-corrected chi connectivity index (χ1v) is 14.0. The van der Waals surface area contributed by atoms with E-state index < -0.39 is 47.3 Å². The van der Waals surface area contributed by atoms with Crippen molar-refractivity contribution >= 4 is 35.5 Å². The molecule has 0 unspecified atom stereocenters. The van der Waals surface area contributed by atoms with Crippen LogP contribution in [0, 0.1) is 50.1 Å². The van der Waals surface area contributed by atoms with Gasteiger partial charge in [0.1, 0.15) is 12.3 Å². The number of carboxylic acid groups (broad SMARTS) is 3. The summed E-state index contributed by atoms with van der Waals surface area (Å²) in [7, 11) is 0. The molecule has 0 aromatic heterocycles. The first-order chi connectivity index (χ1) is 20.7. The second-order valence-corrected chi connectivity index (χ2v) is 10.6. The number of carbonyl (C=O) groups is 5. The number of amides is 1. The summed E-state index contributed by atoms with van der Waals surface area (Å²) in [6, 6.07) is 4.54. The Morgan fingerprint density at radius 1 is 0.756 bits per heavy atom. The number of nitrogens with zero attached hydrogens (tertiary/aromatic N) is 6. The van der Waals surface area contributed by atoms with Crippen LogP contribution in [0.4, 0.5) is 5.69 Å². The number of carbonyl (C=O) groups excluding carboxylic acids is 2. The Labute approximate surface area is 292 Å². The van der Waals surface area contributed by atoms with E-state index in [-0.39, 0.29) is 130 Å². The van der Waals surface area contributed by atoms with Gasteiger partial charge in [-0.25, -0.2) is 4.79 Å². The number of esters is 1. The Morgan fingerprint density at radius 3 is 1.42 bits per heavy atom. The summed E-state index contributed by atoms with van der Waals surface area (Å²) in [6.45, 7) is 4.00. The third kappa shape index (κ3) is 15.8. The van der Waals surface area contributed by atoms with Crippen molar-refractivity contribution in [2.45, 2.75) is 19.9 Å². The first-order valence-electron chi connectivity index (χ1n) is 14.0. The third-order valence-electron chi connectivity index (χ3n) is 6.89. The molecule has 45 heavy (non-hydrogen) atoms. The van der Waals surface area contributed by atoms with Gasteiger partial charge in [-0.3, -0.25) is 48.9 Å². The molecule has 17 nitrogen and oxygen atoms in total. The van der Waals surface area contributed by atoms with Crippen molar-refractivity contribution in [3.63, 3.8) is 0 Å². The molecule has 0 aliphatic carbocycles. The van der Waals surface area contributed by atoms with Crippen LogP contribution in [0.1, 0.15) is 13.8 Å². The van der Waals surface area contributed by atoms with Gasteiger partial charge >= 0.3 is 23.9 Å². The SMILES string of the molecule is CC(C)N(CC(=O)Oc1ccc([N+](=O)[O-])cc1)C(=O)CN1CCN(CC(=O)O)CCN(CC(=O)O)CCN(CC(=O)O)CC1.[Gd]. The predicted octanol–water partition coefficient (Wildman–Crippen LogP) is -0.787. The molecule has 1 aromatic carbocycles. The number of nitro groups is 1. The normalized spacial score (nSPS) is 16.1. The van der Waals surface area contributed by atoms with E-state index in [1.54, 1.807) is 33.4 Å². The summed E-state index contributed by atoms with van der Waals surface area (Å²) in [6.07, 6.45) is 0. The minimum Gasteiger partial charge on any atom is -0.480 e. The molecule has 252 valence electrons. The zero-order valence-corrected chi connectivity index (χ0v) is 27.5. The van der Waals surface area contributed by atoms with Gasteiger partial charge in [-0.05, 0) is 26.0 Å². The van der Waals surface area contributed by atoms with Gasteiger partial charge in [0.15, 0.2) is 0 Å². The molecule has 0 radical (unpaired) electrons. The van der Waals surface area contributed by atoms with Crippen molar-refractivity contribution < 1.29 is 88.9 Å². The van der Waals surface area contributed by atoms with Gasteiger partial charge in [-0.15, -0.1) is 0 Å². The van der Waals surface area contributed by atoms with Gasteiger partial charge in [-0.1, -0.05) is 0 Å². The smallest absolute Gasteiger partial charge is 0.331 e. The van der Waals surface area contributed by atoms with E-state index in [0.717, 1.165) is 0 Å². The van der Waals surface area contributed by atoms with Gasteiger partial charge in [-0.2, -0.15) is 0 Å². The summed E-state index contributed by atoms with van der Waals surface area (Å²) in [5.74, 6) is -4.25. The maximum atomic E-state index is 13.4. The fourth-order valence-electron chi connectivity index (χ4n) is 4.56. The molecule has 1 saturated heterocycles. The summed E-state index contributed by atoms with van der Waals surface area (Å²) < 4.78 is 5.26. The summed E-state index contributed by atoms with van der Waals surface area (Å²) in [4.78, 5) is 78.7. The van der Waals surface area contributed by atoms with Crippen LogP contribution in [0.2, 0.25) is 0 Å². The number of aliphatic carboxylic acids is 3. The van der Waals surface area contributed by atoms with Crippen molar-refractivity contribution in [1.29, 1.82) is 0 Å². The molecule has 0 atom stereocenters.